The van der Waals surface area contributed by atoms with E-state index in [2.05, 4.69) is 10.5 Å². The molecule has 1 aromatic heterocycles. The van der Waals surface area contributed by atoms with E-state index in [1.807, 2.05) is 25.4 Å². The molecule has 0 fully saturated rings. The number of benzene rings is 1. The lowest BCUT2D eigenvalue weighted by Gasteiger charge is -2.16. The van der Waals surface area contributed by atoms with E-state index < -0.39 is 0 Å². The van der Waals surface area contributed by atoms with Crippen LogP contribution in [0.3, 0.4) is 0 Å². The normalized spacial score (nSPS) is 12.7. The van der Waals surface area contributed by atoms with Crippen molar-refractivity contribution in [2.45, 2.75) is 6.04 Å². The summed E-state index contributed by atoms with van der Waals surface area (Å²) >= 11 is 12.2. The molecule has 3 N–H and O–H groups in total. The SMILES string of the molecule is Cn1cc(C(NN)c2cccc(Cl)c2Cl)cn1. The predicted octanol–water partition coefficient (Wildman–Crippen LogP) is 2.28. The standard InChI is InChI=1S/C11H12Cl2N4/c1-17-6-7(5-15-17)11(16-14)8-3-2-4-9(12)10(8)13/h2-6,11,16H,14H2,1H3. The zero-order chi connectivity index (χ0) is 12.4. The summed E-state index contributed by atoms with van der Waals surface area (Å²) in [6, 6.07) is 5.23. The highest BCUT2D eigenvalue weighted by Gasteiger charge is 2.18. The molecular formula is C11H12Cl2N4. The molecule has 0 aliphatic heterocycles. The van der Waals surface area contributed by atoms with Crippen LogP contribution in [0.2, 0.25) is 10.0 Å². The molecule has 0 saturated heterocycles. The van der Waals surface area contributed by atoms with Crippen LogP contribution in [0.4, 0.5) is 0 Å². The maximum absolute atomic E-state index is 6.17. The Balaban J connectivity index is 2.45. The van der Waals surface area contributed by atoms with Crippen LogP contribution in [0, 0.1) is 0 Å². The van der Waals surface area contributed by atoms with E-state index in [4.69, 9.17) is 29.0 Å². The number of aromatic nitrogens is 2. The molecule has 0 aliphatic rings. The molecule has 0 amide bonds. The van der Waals surface area contributed by atoms with E-state index in [-0.39, 0.29) is 6.04 Å². The molecule has 0 saturated carbocycles. The van der Waals surface area contributed by atoms with E-state index in [0.29, 0.717) is 10.0 Å². The summed E-state index contributed by atoms with van der Waals surface area (Å²) in [4.78, 5) is 0. The third kappa shape index (κ3) is 2.45. The van der Waals surface area contributed by atoms with Crippen molar-refractivity contribution in [2.75, 3.05) is 0 Å². The van der Waals surface area contributed by atoms with Crippen LogP contribution < -0.4 is 11.3 Å². The van der Waals surface area contributed by atoms with Crippen molar-refractivity contribution in [1.82, 2.24) is 15.2 Å². The van der Waals surface area contributed by atoms with Crippen molar-refractivity contribution in [2.24, 2.45) is 12.9 Å². The molecule has 0 radical (unpaired) electrons. The first-order valence-corrected chi connectivity index (χ1v) is 5.77. The first kappa shape index (κ1) is 12.4. The summed E-state index contributed by atoms with van der Waals surface area (Å²) in [5, 5.41) is 5.12. The molecule has 2 rings (SSSR count). The van der Waals surface area contributed by atoms with Crippen molar-refractivity contribution in [3.05, 3.63) is 51.8 Å². The molecule has 0 bridgehead atoms. The van der Waals surface area contributed by atoms with Crippen LogP contribution in [0.5, 0.6) is 0 Å². The van der Waals surface area contributed by atoms with Crippen molar-refractivity contribution in [1.29, 1.82) is 0 Å². The van der Waals surface area contributed by atoms with Gasteiger partial charge in [0.2, 0.25) is 0 Å². The van der Waals surface area contributed by atoms with Crippen LogP contribution in [-0.4, -0.2) is 9.78 Å². The van der Waals surface area contributed by atoms with Crippen LogP contribution in [0.1, 0.15) is 17.2 Å². The Morgan fingerprint density at radius 2 is 2.18 bits per heavy atom. The number of rotatable bonds is 3. The molecule has 6 heteroatoms. The number of hydrogen-bond acceptors (Lipinski definition) is 3. The van der Waals surface area contributed by atoms with Crippen molar-refractivity contribution in [3.63, 3.8) is 0 Å². The van der Waals surface area contributed by atoms with Crippen LogP contribution >= 0.6 is 23.2 Å². The second-order valence-corrected chi connectivity index (χ2v) is 4.48. The van der Waals surface area contributed by atoms with E-state index in [9.17, 15) is 0 Å². The highest BCUT2D eigenvalue weighted by molar-refractivity contribution is 6.42. The van der Waals surface area contributed by atoms with Gasteiger partial charge in [-0.1, -0.05) is 35.3 Å². The summed E-state index contributed by atoms with van der Waals surface area (Å²) in [6.07, 6.45) is 3.61. The fourth-order valence-electron chi connectivity index (χ4n) is 1.70. The lowest BCUT2D eigenvalue weighted by molar-refractivity contribution is 0.636. The molecular weight excluding hydrogens is 259 g/mol. The third-order valence-electron chi connectivity index (χ3n) is 2.52. The Bertz CT molecular complexity index is 524. The molecule has 0 spiro atoms. The van der Waals surface area contributed by atoms with Gasteiger partial charge >= 0.3 is 0 Å². The Labute approximate surface area is 109 Å². The minimum Gasteiger partial charge on any atom is -0.275 e. The molecule has 90 valence electrons. The van der Waals surface area contributed by atoms with Gasteiger partial charge in [0.15, 0.2) is 0 Å². The monoisotopic (exact) mass is 270 g/mol. The first-order valence-electron chi connectivity index (χ1n) is 5.02. The molecule has 2 aromatic rings. The van der Waals surface area contributed by atoms with Gasteiger partial charge in [0.25, 0.3) is 0 Å². The molecule has 1 unspecified atom stereocenters. The minimum absolute atomic E-state index is 0.227. The van der Waals surface area contributed by atoms with E-state index in [0.717, 1.165) is 11.1 Å². The maximum atomic E-state index is 6.17. The van der Waals surface area contributed by atoms with E-state index in [1.54, 1.807) is 16.9 Å². The second-order valence-electron chi connectivity index (χ2n) is 3.69. The lowest BCUT2D eigenvalue weighted by atomic mass is 10.0. The predicted molar refractivity (Wildman–Crippen MR) is 68.8 cm³/mol. The lowest BCUT2D eigenvalue weighted by Crippen LogP contribution is -2.28. The van der Waals surface area contributed by atoms with Gasteiger partial charge in [0.05, 0.1) is 22.3 Å². The van der Waals surface area contributed by atoms with Gasteiger partial charge < -0.3 is 0 Å². The zero-order valence-corrected chi connectivity index (χ0v) is 10.7. The fraction of sp³-hybridized carbons (Fsp3) is 0.182. The van der Waals surface area contributed by atoms with Crippen molar-refractivity contribution in [3.8, 4) is 0 Å². The molecule has 0 aliphatic carbocycles. The third-order valence-corrected chi connectivity index (χ3v) is 3.35. The first-order chi connectivity index (χ1) is 8.13. The summed E-state index contributed by atoms with van der Waals surface area (Å²) in [7, 11) is 1.84. The van der Waals surface area contributed by atoms with Gasteiger partial charge in [-0.3, -0.25) is 10.5 Å². The molecule has 1 aromatic carbocycles. The largest absolute Gasteiger partial charge is 0.275 e. The Kier molecular flexibility index (Phi) is 3.69. The topological polar surface area (TPSA) is 55.9 Å². The van der Waals surface area contributed by atoms with Crippen molar-refractivity contribution < 1.29 is 0 Å². The highest BCUT2D eigenvalue weighted by atomic mass is 35.5. The van der Waals surface area contributed by atoms with Gasteiger partial charge in [0, 0.05) is 18.8 Å². The molecule has 1 heterocycles. The minimum atomic E-state index is -0.227. The average Bonchev–Trinajstić information content (AvgIpc) is 2.72. The van der Waals surface area contributed by atoms with E-state index in [1.165, 1.54) is 0 Å². The van der Waals surface area contributed by atoms with Crippen molar-refractivity contribution >= 4 is 23.2 Å². The van der Waals surface area contributed by atoms with Crippen LogP contribution in [0.15, 0.2) is 30.6 Å². The van der Waals surface area contributed by atoms with Crippen LogP contribution in [-0.2, 0) is 7.05 Å². The van der Waals surface area contributed by atoms with Gasteiger partial charge in [-0.15, -0.1) is 0 Å². The number of hydrazine groups is 1. The number of hydrogen-bond donors (Lipinski definition) is 2. The summed E-state index contributed by atoms with van der Waals surface area (Å²) in [5.74, 6) is 5.58. The number of nitrogens with one attached hydrogen (secondary N) is 1. The van der Waals surface area contributed by atoms with E-state index >= 15 is 0 Å². The highest BCUT2D eigenvalue weighted by Crippen LogP contribution is 2.32. The summed E-state index contributed by atoms with van der Waals surface area (Å²) in [5.41, 5.74) is 4.48. The summed E-state index contributed by atoms with van der Waals surface area (Å²) < 4.78 is 1.71. The second kappa shape index (κ2) is 5.06. The Hall–Kier alpha value is -1.07. The Morgan fingerprint density at radius 1 is 1.41 bits per heavy atom. The quantitative estimate of drug-likeness (QED) is 0.665. The van der Waals surface area contributed by atoms with Gasteiger partial charge in [-0.05, 0) is 11.6 Å². The molecule has 17 heavy (non-hydrogen) atoms. The zero-order valence-electron chi connectivity index (χ0n) is 9.19. The molecule has 4 nitrogen and oxygen atoms in total. The molecule has 1 atom stereocenters. The number of halogens is 2. The van der Waals surface area contributed by atoms with Gasteiger partial charge in [0.1, 0.15) is 0 Å². The van der Waals surface area contributed by atoms with Gasteiger partial charge in [-0.25, -0.2) is 5.43 Å². The fourth-order valence-corrected chi connectivity index (χ4v) is 2.12. The van der Waals surface area contributed by atoms with Gasteiger partial charge in [-0.2, -0.15) is 5.10 Å². The smallest absolute Gasteiger partial charge is 0.0755 e. The maximum Gasteiger partial charge on any atom is 0.0755 e. The average molecular weight is 271 g/mol. The Morgan fingerprint density at radius 3 is 2.76 bits per heavy atom. The number of nitrogens with zero attached hydrogens (tertiary/aromatic N) is 2. The number of nitrogens with two attached hydrogens (primary N) is 1. The summed E-state index contributed by atoms with van der Waals surface area (Å²) in [6.45, 7) is 0. The number of aryl methyl sites for hydroxylation is 1. The van der Waals surface area contributed by atoms with Crippen LogP contribution in [0.25, 0.3) is 0 Å².